The third-order valence-electron chi connectivity index (χ3n) is 4.00. The van der Waals surface area contributed by atoms with Crippen LogP contribution in [0.15, 0.2) is 0 Å². The van der Waals surface area contributed by atoms with Crippen LogP contribution in [-0.2, 0) is 0 Å². The van der Waals surface area contributed by atoms with Crippen LogP contribution in [0.2, 0.25) is 0 Å². The van der Waals surface area contributed by atoms with Gasteiger partial charge in [-0.05, 0) is 70.1 Å². The van der Waals surface area contributed by atoms with Gasteiger partial charge in [0.05, 0.1) is 5.92 Å². The van der Waals surface area contributed by atoms with E-state index in [0.29, 0.717) is 37.5 Å². The smallest absolute Gasteiger partial charge is 0.316 e. The van der Waals surface area contributed by atoms with Crippen LogP contribution in [-0.4, -0.2) is 32.4 Å². The van der Waals surface area contributed by atoms with Gasteiger partial charge in [-0.1, -0.05) is 13.8 Å². The number of hydrogen-bond donors (Lipinski definition) is 2. The van der Waals surface area contributed by atoms with Gasteiger partial charge in [0.25, 0.3) is 0 Å². The van der Waals surface area contributed by atoms with Crippen LogP contribution in [0.25, 0.3) is 0 Å². The van der Waals surface area contributed by atoms with Crippen LogP contribution in [0.3, 0.4) is 0 Å². The molecule has 0 radical (unpaired) electrons. The SMILES string of the molecule is CC(C)CNCCCNCC1CCC(C(F)(F)F)CC1. The lowest BCUT2D eigenvalue weighted by molar-refractivity contribution is -0.183. The third kappa shape index (κ3) is 7.48. The Balaban J connectivity index is 1.97. The number of hydrogen-bond acceptors (Lipinski definition) is 2. The first kappa shape index (κ1) is 17.8. The first-order valence-corrected chi connectivity index (χ1v) is 7.87. The summed E-state index contributed by atoms with van der Waals surface area (Å²) in [5.74, 6) is 0.0444. The minimum atomic E-state index is -3.99. The second-order valence-corrected chi connectivity index (χ2v) is 6.41. The molecule has 20 heavy (non-hydrogen) atoms. The molecule has 0 spiro atoms. The minimum Gasteiger partial charge on any atom is -0.316 e. The molecule has 1 saturated carbocycles. The fourth-order valence-electron chi connectivity index (χ4n) is 2.73. The molecule has 0 aromatic heterocycles. The van der Waals surface area contributed by atoms with E-state index < -0.39 is 12.1 Å². The summed E-state index contributed by atoms with van der Waals surface area (Å²) in [4.78, 5) is 0. The van der Waals surface area contributed by atoms with Crippen molar-refractivity contribution in [3.05, 3.63) is 0 Å². The highest BCUT2D eigenvalue weighted by Crippen LogP contribution is 2.39. The Labute approximate surface area is 120 Å². The van der Waals surface area contributed by atoms with Gasteiger partial charge >= 0.3 is 6.18 Å². The average molecular weight is 294 g/mol. The van der Waals surface area contributed by atoms with Crippen molar-refractivity contribution < 1.29 is 13.2 Å². The number of nitrogens with one attached hydrogen (secondary N) is 2. The highest BCUT2D eigenvalue weighted by Gasteiger charge is 2.41. The Bertz CT molecular complexity index is 246. The Kier molecular flexibility index (Phi) is 7.88. The normalized spacial score (nSPS) is 24.3. The summed E-state index contributed by atoms with van der Waals surface area (Å²) in [5, 5.41) is 6.76. The van der Waals surface area contributed by atoms with Crippen LogP contribution >= 0.6 is 0 Å². The molecular weight excluding hydrogens is 265 g/mol. The van der Waals surface area contributed by atoms with Gasteiger partial charge < -0.3 is 10.6 Å². The second kappa shape index (κ2) is 8.88. The van der Waals surface area contributed by atoms with E-state index in [-0.39, 0.29) is 0 Å². The Hall–Kier alpha value is -0.290. The zero-order valence-electron chi connectivity index (χ0n) is 12.7. The lowest BCUT2D eigenvalue weighted by Crippen LogP contribution is -2.32. The number of alkyl halides is 3. The largest absolute Gasteiger partial charge is 0.391 e. The Morgan fingerprint density at radius 2 is 1.60 bits per heavy atom. The Morgan fingerprint density at radius 3 is 2.15 bits per heavy atom. The van der Waals surface area contributed by atoms with Crippen molar-refractivity contribution in [2.24, 2.45) is 17.8 Å². The summed E-state index contributed by atoms with van der Waals surface area (Å²) < 4.78 is 37.6. The van der Waals surface area contributed by atoms with E-state index in [1.54, 1.807) is 0 Å². The van der Waals surface area contributed by atoms with Crippen molar-refractivity contribution in [2.75, 3.05) is 26.2 Å². The van der Waals surface area contributed by atoms with E-state index in [2.05, 4.69) is 24.5 Å². The second-order valence-electron chi connectivity index (χ2n) is 6.41. The molecule has 1 fully saturated rings. The molecule has 0 aromatic carbocycles. The van der Waals surface area contributed by atoms with E-state index in [9.17, 15) is 13.2 Å². The summed E-state index contributed by atoms with van der Waals surface area (Å²) in [5.41, 5.74) is 0. The van der Waals surface area contributed by atoms with Gasteiger partial charge in [-0.2, -0.15) is 13.2 Å². The highest BCUT2D eigenvalue weighted by molar-refractivity contribution is 4.78. The summed E-state index contributed by atoms with van der Waals surface area (Å²) in [6.45, 7) is 8.23. The number of rotatable bonds is 8. The molecule has 2 N–H and O–H groups in total. The maximum atomic E-state index is 12.5. The van der Waals surface area contributed by atoms with E-state index in [1.807, 2.05) is 0 Å². The van der Waals surface area contributed by atoms with Crippen LogP contribution in [0, 0.1) is 17.8 Å². The van der Waals surface area contributed by atoms with Crippen molar-refractivity contribution in [1.29, 1.82) is 0 Å². The maximum absolute atomic E-state index is 12.5. The van der Waals surface area contributed by atoms with Crippen molar-refractivity contribution >= 4 is 0 Å². The minimum absolute atomic E-state index is 0.311. The van der Waals surface area contributed by atoms with Crippen molar-refractivity contribution in [2.45, 2.75) is 52.1 Å². The maximum Gasteiger partial charge on any atom is 0.391 e. The molecule has 0 saturated heterocycles. The molecular formula is C15H29F3N2. The van der Waals surface area contributed by atoms with E-state index in [4.69, 9.17) is 0 Å². The average Bonchev–Trinajstić information content (AvgIpc) is 2.37. The fourth-order valence-corrected chi connectivity index (χ4v) is 2.73. The van der Waals surface area contributed by atoms with E-state index in [1.165, 1.54) is 0 Å². The zero-order chi connectivity index (χ0) is 15.0. The van der Waals surface area contributed by atoms with Crippen molar-refractivity contribution in [3.8, 4) is 0 Å². The molecule has 1 aliphatic carbocycles. The molecule has 120 valence electrons. The molecule has 0 amide bonds. The van der Waals surface area contributed by atoms with Gasteiger partial charge in [0, 0.05) is 0 Å². The standard InChI is InChI=1S/C15H29F3N2/c1-12(2)10-19-8-3-9-20-11-13-4-6-14(7-5-13)15(16,17)18/h12-14,19-20H,3-11H2,1-2H3. The molecule has 0 atom stereocenters. The summed E-state index contributed by atoms with van der Waals surface area (Å²) in [6.07, 6.45) is -0.867. The lowest BCUT2D eigenvalue weighted by atomic mass is 9.81. The van der Waals surface area contributed by atoms with Crippen LogP contribution in [0.4, 0.5) is 13.2 Å². The van der Waals surface area contributed by atoms with Gasteiger partial charge in [0.1, 0.15) is 0 Å². The number of halogens is 3. The monoisotopic (exact) mass is 294 g/mol. The summed E-state index contributed by atoms with van der Waals surface area (Å²) in [7, 11) is 0. The molecule has 1 rings (SSSR count). The zero-order valence-corrected chi connectivity index (χ0v) is 12.7. The van der Waals surface area contributed by atoms with Crippen LogP contribution < -0.4 is 10.6 Å². The molecule has 2 nitrogen and oxygen atoms in total. The van der Waals surface area contributed by atoms with Crippen molar-refractivity contribution in [3.63, 3.8) is 0 Å². The Morgan fingerprint density at radius 1 is 1.00 bits per heavy atom. The topological polar surface area (TPSA) is 24.1 Å². The summed E-state index contributed by atoms with van der Waals surface area (Å²) in [6, 6.07) is 0. The molecule has 5 heteroatoms. The molecule has 0 aromatic rings. The first-order chi connectivity index (χ1) is 9.39. The predicted molar refractivity (Wildman–Crippen MR) is 76.7 cm³/mol. The molecule has 0 aliphatic heterocycles. The van der Waals surface area contributed by atoms with E-state index >= 15 is 0 Å². The van der Waals surface area contributed by atoms with Gasteiger partial charge in [-0.3, -0.25) is 0 Å². The van der Waals surface area contributed by atoms with Crippen LogP contribution in [0.5, 0.6) is 0 Å². The molecule has 0 unspecified atom stereocenters. The van der Waals surface area contributed by atoms with Gasteiger partial charge in [0.2, 0.25) is 0 Å². The van der Waals surface area contributed by atoms with E-state index in [0.717, 1.165) is 32.6 Å². The fraction of sp³-hybridized carbons (Fsp3) is 1.00. The van der Waals surface area contributed by atoms with Gasteiger partial charge in [-0.25, -0.2) is 0 Å². The molecule has 0 heterocycles. The highest BCUT2D eigenvalue weighted by atomic mass is 19.4. The summed E-state index contributed by atoms with van der Waals surface area (Å²) >= 11 is 0. The van der Waals surface area contributed by atoms with Gasteiger partial charge in [-0.15, -0.1) is 0 Å². The molecule has 0 bridgehead atoms. The van der Waals surface area contributed by atoms with Gasteiger partial charge in [0.15, 0.2) is 0 Å². The quantitative estimate of drug-likeness (QED) is 0.669. The molecule has 1 aliphatic rings. The first-order valence-electron chi connectivity index (χ1n) is 7.87. The lowest BCUT2D eigenvalue weighted by Gasteiger charge is -2.29. The van der Waals surface area contributed by atoms with Crippen molar-refractivity contribution in [1.82, 2.24) is 10.6 Å². The predicted octanol–water partition coefficient (Wildman–Crippen LogP) is 3.58. The third-order valence-corrected chi connectivity index (χ3v) is 4.00. The van der Waals surface area contributed by atoms with Crippen LogP contribution in [0.1, 0.15) is 46.0 Å².